The number of methoxy groups -OCH3 is 1. The number of furan rings is 1. The molecule has 1 unspecified atom stereocenters. The molecule has 0 saturated carbocycles. The summed E-state index contributed by atoms with van der Waals surface area (Å²) >= 11 is 6.12. The molecule has 2 aromatic carbocycles. The molecule has 0 amide bonds. The number of hydrogen-bond acceptors (Lipinski definition) is 8. The lowest BCUT2D eigenvalue weighted by Gasteiger charge is -2.24. The fourth-order valence-electron chi connectivity index (χ4n) is 4.80. The van der Waals surface area contributed by atoms with E-state index >= 15 is 0 Å². The Labute approximate surface area is 227 Å². The van der Waals surface area contributed by atoms with Crippen molar-refractivity contribution in [3.05, 3.63) is 107 Å². The first-order chi connectivity index (χ1) is 19.1. The van der Waals surface area contributed by atoms with Gasteiger partial charge in [-0.25, -0.2) is 19.2 Å². The quantitative estimate of drug-likeness (QED) is 0.263. The van der Waals surface area contributed by atoms with Gasteiger partial charge in [0.2, 0.25) is 11.8 Å². The van der Waals surface area contributed by atoms with Crippen molar-refractivity contribution in [2.45, 2.75) is 19.4 Å². The third kappa shape index (κ3) is 3.96. The van der Waals surface area contributed by atoms with Crippen LogP contribution in [-0.2, 0) is 6.61 Å². The highest BCUT2D eigenvalue weighted by atomic mass is 35.5. The maximum absolute atomic E-state index is 6.40. The molecule has 11 heteroatoms. The van der Waals surface area contributed by atoms with Crippen LogP contribution in [0.25, 0.3) is 11.3 Å². The maximum atomic E-state index is 6.40. The van der Waals surface area contributed by atoms with E-state index in [2.05, 4.69) is 10.1 Å². The smallest absolute Gasteiger partial charge is 0.230 e. The van der Waals surface area contributed by atoms with Crippen molar-refractivity contribution in [3.8, 4) is 28.9 Å². The van der Waals surface area contributed by atoms with Crippen LogP contribution in [0.15, 0.2) is 77.7 Å². The van der Waals surface area contributed by atoms with Gasteiger partial charge < -0.3 is 18.6 Å². The van der Waals surface area contributed by atoms with Gasteiger partial charge in [0.15, 0.2) is 11.5 Å². The van der Waals surface area contributed by atoms with Crippen LogP contribution in [0.3, 0.4) is 0 Å². The van der Waals surface area contributed by atoms with E-state index in [1.807, 2.05) is 67.6 Å². The number of hydrogen-bond donors (Lipinski definition) is 0. The molecule has 0 bridgehead atoms. The van der Waals surface area contributed by atoms with Gasteiger partial charge in [0.25, 0.3) is 0 Å². The molecule has 1 aliphatic heterocycles. The van der Waals surface area contributed by atoms with Gasteiger partial charge in [-0.2, -0.15) is 5.10 Å². The first kappa shape index (κ1) is 23.3. The zero-order valence-corrected chi connectivity index (χ0v) is 21.7. The van der Waals surface area contributed by atoms with Crippen LogP contribution in [0.1, 0.15) is 34.3 Å². The van der Waals surface area contributed by atoms with Crippen LogP contribution in [0.2, 0.25) is 5.02 Å². The normalized spacial score (nSPS) is 14.1. The zero-order chi connectivity index (χ0) is 26.5. The van der Waals surface area contributed by atoms with Gasteiger partial charge in [-0.05, 0) is 67.6 Å². The van der Waals surface area contributed by atoms with E-state index in [1.54, 1.807) is 28.9 Å². The molecule has 39 heavy (non-hydrogen) atoms. The van der Waals surface area contributed by atoms with Crippen LogP contribution in [-0.4, -0.2) is 36.5 Å². The third-order valence-corrected chi connectivity index (χ3v) is 6.84. The SMILES string of the molecule is COc1ccc(OCc2nc3c4c(ncn3n2)Oc2c(c(C)nn2-c2ccc(Cl)cc2)C4c2ccco2)cc1. The zero-order valence-electron chi connectivity index (χ0n) is 20.9. The summed E-state index contributed by atoms with van der Waals surface area (Å²) in [6.45, 7) is 2.12. The summed E-state index contributed by atoms with van der Waals surface area (Å²) in [5.41, 5.74) is 3.80. The molecule has 194 valence electrons. The molecular weight excluding hydrogens is 520 g/mol. The largest absolute Gasteiger partial charge is 0.497 e. The van der Waals surface area contributed by atoms with Crippen molar-refractivity contribution in [1.29, 1.82) is 0 Å². The van der Waals surface area contributed by atoms with Crippen molar-refractivity contribution < 1.29 is 18.6 Å². The highest BCUT2D eigenvalue weighted by molar-refractivity contribution is 6.30. The van der Waals surface area contributed by atoms with Gasteiger partial charge in [-0.3, -0.25) is 0 Å². The second-order valence-corrected chi connectivity index (χ2v) is 9.40. The predicted octanol–water partition coefficient (Wildman–Crippen LogP) is 5.74. The topological polar surface area (TPSA) is 102 Å². The van der Waals surface area contributed by atoms with Gasteiger partial charge in [-0.1, -0.05) is 11.6 Å². The van der Waals surface area contributed by atoms with Crippen LogP contribution in [0, 0.1) is 6.92 Å². The minimum Gasteiger partial charge on any atom is -0.497 e. The molecule has 7 rings (SSSR count). The summed E-state index contributed by atoms with van der Waals surface area (Å²) in [7, 11) is 1.62. The van der Waals surface area contributed by atoms with Crippen LogP contribution in [0.5, 0.6) is 23.3 Å². The Kier molecular flexibility index (Phi) is 5.48. The molecule has 0 fully saturated rings. The number of benzene rings is 2. The van der Waals surface area contributed by atoms with Gasteiger partial charge in [-0.15, -0.1) is 5.10 Å². The Morgan fingerprint density at radius 1 is 0.974 bits per heavy atom. The Balaban J connectivity index is 1.31. The van der Waals surface area contributed by atoms with E-state index in [0.29, 0.717) is 39.8 Å². The van der Waals surface area contributed by atoms with E-state index in [4.69, 9.17) is 40.3 Å². The van der Waals surface area contributed by atoms with Gasteiger partial charge in [0.05, 0.1) is 41.8 Å². The molecular formula is C28H21ClN6O4. The van der Waals surface area contributed by atoms with E-state index in [0.717, 1.165) is 28.3 Å². The number of aromatic nitrogens is 6. The highest BCUT2D eigenvalue weighted by Crippen LogP contribution is 2.49. The Morgan fingerprint density at radius 2 is 1.77 bits per heavy atom. The van der Waals surface area contributed by atoms with Crippen molar-refractivity contribution in [3.63, 3.8) is 0 Å². The maximum Gasteiger partial charge on any atom is 0.230 e. The standard InChI is InChI=1S/C28H21ClN6O4/c1-16-23-24(21-4-3-13-37-21)25-26-31-22(14-38-20-11-9-19(36-2)10-12-20)33-34(26)15-30-27(25)39-28(23)35(32-16)18-7-5-17(29)6-8-18/h3-13,15,24H,14H2,1-2H3. The summed E-state index contributed by atoms with van der Waals surface area (Å²) in [6.07, 6.45) is 3.23. The molecule has 0 saturated heterocycles. The average molecular weight is 541 g/mol. The molecule has 0 radical (unpaired) electrons. The summed E-state index contributed by atoms with van der Waals surface area (Å²) < 4.78 is 26.8. The van der Waals surface area contributed by atoms with Crippen molar-refractivity contribution >= 4 is 17.2 Å². The van der Waals surface area contributed by atoms with Crippen LogP contribution in [0.4, 0.5) is 0 Å². The highest BCUT2D eigenvalue weighted by Gasteiger charge is 2.39. The van der Waals surface area contributed by atoms with Crippen molar-refractivity contribution in [2.75, 3.05) is 7.11 Å². The third-order valence-electron chi connectivity index (χ3n) is 6.59. The molecule has 5 heterocycles. The van der Waals surface area contributed by atoms with E-state index in [1.165, 1.54) is 0 Å². The number of ether oxygens (including phenoxy) is 3. The van der Waals surface area contributed by atoms with Gasteiger partial charge in [0, 0.05) is 5.02 Å². The molecule has 1 aliphatic rings. The molecule has 0 aliphatic carbocycles. The molecule has 1 atom stereocenters. The monoisotopic (exact) mass is 540 g/mol. The first-order valence-corrected chi connectivity index (χ1v) is 12.5. The van der Waals surface area contributed by atoms with Crippen LogP contribution >= 0.6 is 11.6 Å². The Hall–Kier alpha value is -4.83. The summed E-state index contributed by atoms with van der Waals surface area (Å²) in [5.74, 6) is 3.25. The van der Waals surface area contributed by atoms with Crippen LogP contribution < -0.4 is 14.2 Å². The van der Waals surface area contributed by atoms with Crippen molar-refractivity contribution in [2.24, 2.45) is 0 Å². The summed E-state index contributed by atoms with van der Waals surface area (Å²) in [4.78, 5) is 9.41. The number of aryl methyl sites for hydroxylation is 1. The fraction of sp³-hybridized carbons (Fsp3) is 0.143. The molecule has 6 aromatic rings. The van der Waals surface area contributed by atoms with Gasteiger partial charge >= 0.3 is 0 Å². The molecule has 4 aromatic heterocycles. The lowest BCUT2D eigenvalue weighted by Crippen LogP contribution is -2.15. The van der Waals surface area contributed by atoms with E-state index < -0.39 is 0 Å². The van der Waals surface area contributed by atoms with Gasteiger partial charge in [0.1, 0.15) is 30.2 Å². The number of rotatable bonds is 6. The van der Waals surface area contributed by atoms with E-state index in [9.17, 15) is 0 Å². The fourth-order valence-corrected chi connectivity index (χ4v) is 4.93. The first-order valence-electron chi connectivity index (χ1n) is 12.2. The van der Waals surface area contributed by atoms with E-state index in [-0.39, 0.29) is 12.5 Å². The number of halogens is 1. The van der Waals surface area contributed by atoms with Crippen molar-refractivity contribution in [1.82, 2.24) is 29.4 Å². The minimum atomic E-state index is -0.365. The molecule has 10 nitrogen and oxygen atoms in total. The summed E-state index contributed by atoms with van der Waals surface area (Å²) in [5, 5.41) is 10.0. The summed E-state index contributed by atoms with van der Waals surface area (Å²) in [6, 6.07) is 18.5. The average Bonchev–Trinajstić information content (AvgIpc) is 3.71. The number of nitrogens with zero attached hydrogens (tertiary/aromatic N) is 6. The second-order valence-electron chi connectivity index (χ2n) is 8.97. The second kappa shape index (κ2) is 9.17. The lowest BCUT2D eigenvalue weighted by molar-refractivity contribution is 0.295. The minimum absolute atomic E-state index is 0.174. The predicted molar refractivity (Wildman–Crippen MR) is 141 cm³/mol. The molecule has 0 spiro atoms. The lowest BCUT2D eigenvalue weighted by atomic mass is 9.88. The Morgan fingerprint density at radius 3 is 2.51 bits per heavy atom. The number of fused-ring (bicyclic) bond motifs is 4. The Bertz CT molecular complexity index is 1790. The molecule has 0 N–H and O–H groups in total.